The molecule has 5 heteroatoms. The monoisotopic (exact) mass is 342 g/mol. The summed E-state index contributed by atoms with van der Waals surface area (Å²) in [5, 5.41) is 0.758. The summed E-state index contributed by atoms with van der Waals surface area (Å²) < 4.78 is 0. The number of hydrogen-bond donors (Lipinski definition) is 1. The van der Waals surface area contributed by atoms with Crippen molar-refractivity contribution in [3.8, 4) is 0 Å². The van der Waals surface area contributed by atoms with E-state index in [4.69, 9.17) is 17.3 Å². The molecule has 0 radical (unpaired) electrons. The van der Waals surface area contributed by atoms with Crippen molar-refractivity contribution < 1.29 is 4.79 Å². The van der Waals surface area contributed by atoms with Crippen LogP contribution in [0.2, 0.25) is 5.02 Å². The highest BCUT2D eigenvalue weighted by Crippen LogP contribution is 2.45. The fourth-order valence-corrected chi connectivity index (χ4v) is 4.26. The van der Waals surface area contributed by atoms with Gasteiger partial charge in [0.1, 0.15) is 0 Å². The van der Waals surface area contributed by atoms with Crippen LogP contribution in [-0.2, 0) is 10.2 Å². The van der Waals surface area contributed by atoms with E-state index in [0.29, 0.717) is 6.54 Å². The summed E-state index contributed by atoms with van der Waals surface area (Å²) in [4.78, 5) is 14.9. The predicted molar refractivity (Wildman–Crippen MR) is 94.0 cm³/mol. The Kier molecular flexibility index (Phi) is 5.10. The van der Waals surface area contributed by atoms with Crippen molar-refractivity contribution in [3.63, 3.8) is 0 Å². The number of rotatable bonds is 1. The van der Waals surface area contributed by atoms with Crippen LogP contribution in [-0.4, -0.2) is 18.5 Å². The van der Waals surface area contributed by atoms with Crippen molar-refractivity contribution in [2.75, 3.05) is 11.4 Å². The number of benzene rings is 1. The van der Waals surface area contributed by atoms with E-state index in [1.165, 1.54) is 0 Å². The summed E-state index contributed by atoms with van der Waals surface area (Å²) >= 11 is 6.38. The molecule has 22 heavy (non-hydrogen) atoms. The summed E-state index contributed by atoms with van der Waals surface area (Å²) in [6.45, 7) is 5.01. The van der Waals surface area contributed by atoms with Gasteiger partial charge < -0.3 is 10.6 Å². The van der Waals surface area contributed by atoms with E-state index in [9.17, 15) is 4.79 Å². The highest BCUT2D eigenvalue weighted by Gasteiger charge is 2.41. The van der Waals surface area contributed by atoms with Crippen LogP contribution in [0.3, 0.4) is 0 Å². The molecule has 1 aliphatic carbocycles. The molecule has 2 aliphatic rings. The van der Waals surface area contributed by atoms with E-state index >= 15 is 0 Å². The molecule has 1 aliphatic heterocycles. The summed E-state index contributed by atoms with van der Waals surface area (Å²) in [5.74, 6) is 0.286. The van der Waals surface area contributed by atoms with Crippen LogP contribution in [0.15, 0.2) is 18.2 Å². The molecule has 1 fully saturated rings. The summed E-state index contributed by atoms with van der Waals surface area (Å²) in [6, 6.07) is 6.01. The zero-order valence-electron chi connectivity index (χ0n) is 13.1. The fraction of sp³-hybridized carbons (Fsp3) is 0.588. The van der Waals surface area contributed by atoms with E-state index in [-0.39, 0.29) is 35.7 Å². The Morgan fingerprint density at radius 2 is 2.09 bits per heavy atom. The lowest BCUT2D eigenvalue weighted by Crippen LogP contribution is -2.41. The Balaban J connectivity index is 0.00000176. The third-order valence-corrected chi connectivity index (χ3v) is 5.16. The maximum absolute atomic E-state index is 12.9. The number of carbonyl (C=O) groups is 1. The molecule has 0 spiro atoms. The third-order valence-electron chi connectivity index (χ3n) is 4.84. The van der Waals surface area contributed by atoms with Gasteiger partial charge in [0.2, 0.25) is 5.91 Å². The Morgan fingerprint density at radius 1 is 1.36 bits per heavy atom. The van der Waals surface area contributed by atoms with Crippen molar-refractivity contribution in [2.24, 2.45) is 11.7 Å². The van der Waals surface area contributed by atoms with Gasteiger partial charge in [0.25, 0.3) is 0 Å². The van der Waals surface area contributed by atoms with Gasteiger partial charge in [0.05, 0.1) is 0 Å². The molecular weight excluding hydrogens is 319 g/mol. The molecule has 1 aromatic carbocycles. The molecule has 1 saturated carbocycles. The van der Waals surface area contributed by atoms with Gasteiger partial charge in [0, 0.05) is 40.2 Å². The van der Waals surface area contributed by atoms with Crippen LogP contribution in [0.4, 0.5) is 5.69 Å². The molecule has 2 atom stereocenters. The van der Waals surface area contributed by atoms with Gasteiger partial charge in [-0.2, -0.15) is 0 Å². The number of fused-ring (bicyclic) bond motifs is 1. The molecule has 0 saturated heterocycles. The highest BCUT2D eigenvalue weighted by molar-refractivity contribution is 6.32. The molecule has 2 unspecified atom stereocenters. The van der Waals surface area contributed by atoms with Crippen molar-refractivity contribution in [2.45, 2.75) is 51.0 Å². The van der Waals surface area contributed by atoms with E-state index in [1.807, 2.05) is 23.1 Å². The largest absolute Gasteiger partial charge is 0.328 e. The molecule has 1 amide bonds. The standard InChI is InChI=1S/C17H23ClN2O.ClH/c1-17(2)10-20(14-8-4-7-13(18)15(14)17)16(21)11-5-3-6-12(19)9-11;/h4,7-8,11-12H,3,5-6,9-10,19H2,1-2H3;1H. The molecule has 3 rings (SSSR count). The van der Waals surface area contributed by atoms with Crippen LogP contribution in [0, 0.1) is 5.92 Å². The van der Waals surface area contributed by atoms with E-state index in [0.717, 1.165) is 42.0 Å². The number of halogens is 2. The molecule has 2 N–H and O–H groups in total. The number of anilines is 1. The zero-order chi connectivity index (χ0) is 15.2. The average molecular weight is 343 g/mol. The Hall–Kier alpha value is -0.770. The van der Waals surface area contributed by atoms with Gasteiger partial charge in [0.15, 0.2) is 0 Å². The van der Waals surface area contributed by atoms with Gasteiger partial charge in [-0.15, -0.1) is 12.4 Å². The first-order valence-electron chi connectivity index (χ1n) is 7.76. The molecule has 1 aromatic rings. The van der Waals surface area contributed by atoms with Crippen molar-refractivity contribution in [1.29, 1.82) is 0 Å². The third kappa shape index (κ3) is 2.99. The maximum Gasteiger partial charge on any atom is 0.230 e. The first-order valence-corrected chi connectivity index (χ1v) is 8.14. The number of hydrogen-bond acceptors (Lipinski definition) is 2. The Morgan fingerprint density at radius 3 is 2.77 bits per heavy atom. The second-order valence-corrected chi connectivity index (χ2v) is 7.47. The lowest BCUT2D eigenvalue weighted by molar-refractivity contribution is -0.123. The lowest BCUT2D eigenvalue weighted by Gasteiger charge is -2.30. The van der Waals surface area contributed by atoms with Gasteiger partial charge in [-0.25, -0.2) is 0 Å². The number of carbonyl (C=O) groups excluding carboxylic acids is 1. The van der Waals surface area contributed by atoms with Gasteiger partial charge in [-0.1, -0.05) is 37.9 Å². The topological polar surface area (TPSA) is 46.3 Å². The normalized spacial score (nSPS) is 26.3. The zero-order valence-corrected chi connectivity index (χ0v) is 14.7. The van der Waals surface area contributed by atoms with Gasteiger partial charge in [-0.3, -0.25) is 4.79 Å². The van der Waals surface area contributed by atoms with Crippen LogP contribution in [0.5, 0.6) is 0 Å². The van der Waals surface area contributed by atoms with Crippen LogP contribution in [0.25, 0.3) is 0 Å². The van der Waals surface area contributed by atoms with Crippen molar-refractivity contribution in [1.82, 2.24) is 0 Å². The average Bonchev–Trinajstić information content (AvgIpc) is 2.71. The predicted octanol–water partition coefficient (Wildman–Crippen LogP) is 3.90. The highest BCUT2D eigenvalue weighted by atomic mass is 35.5. The number of nitrogens with two attached hydrogens (primary N) is 1. The second kappa shape index (κ2) is 6.38. The maximum atomic E-state index is 12.9. The lowest BCUT2D eigenvalue weighted by atomic mass is 9.85. The summed E-state index contributed by atoms with van der Waals surface area (Å²) in [5.41, 5.74) is 8.03. The van der Waals surface area contributed by atoms with Gasteiger partial charge in [-0.05, 0) is 31.4 Å². The first kappa shape index (κ1) is 17.6. The molecule has 3 nitrogen and oxygen atoms in total. The van der Waals surface area contributed by atoms with E-state index in [2.05, 4.69) is 13.8 Å². The first-order chi connectivity index (χ1) is 9.90. The molecule has 1 heterocycles. The van der Waals surface area contributed by atoms with E-state index in [1.54, 1.807) is 0 Å². The SMILES string of the molecule is CC1(C)CN(C(=O)C2CCCC(N)C2)c2cccc(Cl)c21.Cl. The van der Waals surface area contributed by atoms with Gasteiger partial charge >= 0.3 is 0 Å². The van der Waals surface area contributed by atoms with Crippen LogP contribution in [0.1, 0.15) is 45.1 Å². The number of nitrogens with zero attached hydrogens (tertiary/aromatic N) is 1. The Bertz CT molecular complexity index is 574. The molecular formula is C17H24Cl2N2O. The molecule has 122 valence electrons. The fourth-order valence-electron chi connectivity index (χ4n) is 3.84. The minimum Gasteiger partial charge on any atom is -0.328 e. The minimum absolute atomic E-state index is 0. The Labute approximate surface area is 143 Å². The minimum atomic E-state index is -0.0971. The smallest absolute Gasteiger partial charge is 0.230 e. The summed E-state index contributed by atoms with van der Waals surface area (Å²) in [6.07, 6.45) is 3.86. The van der Waals surface area contributed by atoms with Crippen molar-refractivity contribution in [3.05, 3.63) is 28.8 Å². The number of amides is 1. The van der Waals surface area contributed by atoms with E-state index < -0.39 is 0 Å². The summed E-state index contributed by atoms with van der Waals surface area (Å²) in [7, 11) is 0. The van der Waals surface area contributed by atoms with Crippen molar-refractivity contribution >= 4 is 35.6 Å². The quantitative estimate of drug-likeness (QED) is 0.840. The van der Waals surface area contributed by atoms with Crippen LogP contribution >= 0.6 is 24.0 Å². The molecule has 0 aromatic heterocycles. The molecule has 0 bridgehead atoms. The second-order valence-electron chi connectivity index (χ2n) is 7.07. The van der Waals surface area contributed by atoms with Crippen LogP contribution < -0.4 is 10.6 Å².